The molecule has 1 unspecified atom stereocenters. The van der Waals surface area contributed by atoms with Gasteiger partial charge in [0.25, 0.3) is 0 Å². The van der Waals surface area contributed by atoms with Crippen LogP contribution in [0.1, 0.15) is 19.4 Å². The number of rotatable bonds is 4. The van der Waals surface area contributed by atoms with Crippen molar-refractivity contribution in [3.63, 3.8) is 0 Å². The first-order chi connectivity index (χ1) is 8.07. The summed E-state index contributed by atoms with van der Waals surface area (Å²) in [6, 6.07) is 8.04. The Balaban J connectivity index is 1.76. The molecule has 3 nitrogen and oxygen atoms in total. The van der Waals surface area contributed by atoms with Crippen LogP contribution in [0.15, 0.2) is 28.7 Å². The zero-order valence-corrected chi connectivity index (χ0v) is 11.7. The van der Waals surface area contributed by atoms with Gasteiger partial charge in [0, 0.05) is 4.47 Å². The fourth-order valence-corrected chi connectivity index (χ4v) is 2.16. The van der Waals surface area contributed by atoms with Gasteiger partial charge in [-0.25, -0.2) is 0 Å². The lowest BCUT2D eigenvalue weighted by atomic mass is 10.2. The van der Waals surface area contributed by atoms with Crippen molar-refractivity contribution < 1.29 is 14.2 Å². The molecule has 94 valence electrons. The maximum atomic E-state index is 5.66. The quantitative estimate of drug-likeness (QED) is 0.855. The van der Waals surface area contributed by atoms with E-state index in [0.29, 0.717) is 19.8 Å². The van der Waals surface area contributed by atoms with Gasteiger partial charge in [0.1, 0.15) is 6.10 Å². The highest BCUT2D eigenvalue weighted by Gasteiger charge is 2.32. The normalized spacial score (nSPS) is 22.9. The van der Waals surface area contributed by atoms with E-state index in [1.165, 1.54) is 0 Å². The minimum absolute atomic E-state index is 0.0347. The third-order valence-corrected chi connectivity index (χ3v) is 3.36. The molecule has 1 heterocycles. The Morgan fingerprint density at radius 3 is 2.82 bits per heavy atom. The van der Waals surface area contributed by atoms with Crippen LogP contribution in [0.3, 0.4) is 0 Å². The first kappa shape index (κ1) is 13.0. The molecule has 0 aromatic heterocycles. The predicted molar refractivity (Wildman–Crippen MR) is 68.7 cm³/mol. The van der Waals surface area contributed by atoms with Gasteiger partial charge in [0.15, 0.2) is 5.79 Å². The van der Waals surface area contributed by atoms with Gasteiger partial charge in [-0.3, -0.25) is 0 Å². The van der Waals surface area contributed by atoms with Crippen molar-refractivity contribution >= 4 is 15.9 Å². The van der Waals surface area contributed by atoms with Crippen LogP contribution >= 0.6 is 15.9 Å². The lowest BCUT2D eigenvalue weighted by Gasteiger charge is -2.17. The van der Waals surface area contributed by atoms with Crippen LogP contribution in [0, 0.1) is 0 Å². The van der Waals surface area contributed by atoms with Gasteiger partial charge in [-0.2, -0.15) is 0 Å². The molecule has 1 aromatic rings. The van der Waals surface area contributed by atoms with Crippen LogP contribution in [-0.4, -0.2) is 25.1 Å². The fraction of sp³-hybridized carbons (Fsp3) is 0.538. The number of ether oxygens (including phenoxy) is 3. The molecule has 0 bridgehead atoms. The number of hydrogen-bond donors (Lipinski definition) is 0. The second-order valence-corrected chi connectivity index (χ2v) is 5.41. The van der Waals surface area contributed by atoms with Gasteiger partial charge in [-0.15, -0.1) is 0 Å². The van der Waals surface area contributed by atoms with Gasteiger partial charge < -0.3 is 14.2 Å². The third kappa shape index (κ3) is 3.78. The van der Waals surface area contributed by atoms with Crippen LogP contribution in [0.5, 0.6) is 0 Å². The highest BCUT2D eigenvalue weighted by atomic mass is 79.9. The van der Waals surface area contributed by atoms with E-state index < -0.39 is 5.79 Å². The summed E-state index contributed by atoms with van der Waals surface area (Å²) < 4.78 is 17.8. The molecule has 1 aliphatic heterocycles. The molecule has 0 aliphatic carbocycles. The molecule has 0 saturated carbocycles. The Morgan fingerprint density at radius 2 is 2.18 bits per heavy atom. The van der Waals surface area contributed by atoms with E-state index in [2.05, 4.69) is 15.9 Å². The van der Waals surface area contributed by atoms with Crippen molar-refractivity contribution in [2.45, 2.75) is 32.3 Å². The van der Waals surface area contributed by atoms with Crippen LogP contribution in [-0.2, 0) is 20.8 Å². The van der Waals surface area contributed by atoms with Gasteiger partial charge in [0.2, 0.25) is 0 Å². The molecular formula is C13H17BrO3. The highest BCUT2D eigenvalue weighted by molar-refractivity contribution is 9.10. The van der Waals surface area contributed by atoms with Crippen molar-refractivity contribution in [3.05, 3.63) is 34.3 Å². The van der Waals surface area contributed by atoms with E-state index in [9.17, 15) is 0 Å². The SMILES string of the molecule is CC1(C)OCC(COCc2ccccc2Br)O1. The first-order valence-corrected chi connectivity index (χ1v) is 6.49. The summed E-state index contributed by atoms with van der Waals surface area (Å²) in [4.78, 5) is 0. The molecule has 1 atom stereocenters. The lowest BCUT2D eigenvalue weighted by molar-refractivity contribution is -0.145. The zero-order chi connectivity index (χ0) is 12.3. The molecule has 17 heavy (non-hydrogen) atoms. The van der Waals surface area contributed by atoms with Crippen LogP contribution in [0.4, 0.5) is 0 Å². The van der Waals surface area contributed by atoms with E-state index in [1.807, 2.05) is 38.1 Å². The monoisotopic (exact) mass is 300 g/mol. The molecule has 0 spiro atoms. The highest BCUT2D eigenvalue weighted by Crippen LogP contribution is 2.23. The average Bonchev–Trinajstić information content (AvgIpc) is 2.61. The van der Waals surface area contributed by atoms with Crippen molar-refractivity contribution in [3.8, 4) is 0 Å². The first-order valence-electron chi connectivity index (χ1n) is 5.70. The van der Waals surface area contributed by atoms with Gasteiger partial charge in [-0.1, -0.05) is 34.1 Å². The maximum absolute atomic E-state index is 5.66. The number of halogens is 1. The summed E-state index contributed by atoms with van der Waals surface area (Å²) in [6.07, 6.45) is 0.0347. The molecule has 2 rings (SSSR count). The van der Waals surface area contributed by atoms with Crippen LogP contribution in [0.25, 0.3) is 0 Å². The second-order valence-electron chi connectivity index (χ2n) is 4.56. The smallest absolute Gasteiger partial charge is 0.163 e. The van der Waals surface area contributed by atoms with E-state index in [4.69, 9.17) is 14.2 Å². The Bertz CT molecular complexity index is 379. The Hall–Kier alpha value is -0.420. The molecule has 0 radical (unpaired) electrons. The van der Waals surface area contributed by atoms with Crippen molar-refractivity contribution in [2.24, 2.45) is 0 Å². The van der Waals surface area contributed by atoms with Crippen LogP contribution in [0.2, 0.25) is 0 Å². The predicted octanol–water partition coefficient (Wildman–Crippen LogP) is 3.12. The van der Waals surface area contributed by atoms with Crippen LogP contribution < -0.4 is 0 Å². The van der Waals surface area contributed by atoms with E-state index >= 15 is 0 Å². The molecule has 4 heteroatoms. The summed E-state index contributed by atoms with van der Waals surface area (Å²) in [6.45, 7) is 5.58. The number of benzene rings is 1. The topological polar surface area (TPSA) is 27.7 Å². The summed E-state index contributed by atoms with van der Waals surface area (Å²) in [5, 5.41) is 0. The van der Waals surface area contributed by atoms with Crippen molar-refractivity contribution in [1.29, 1.82) is 0 Å². The third-order valence-electron chi connectivity index (χ3n) is 2.59. The molecule has 0 N–H and O–H groups in total. The summed E-state index contributed by atoms with van der Waals surface area (Å²) in [7, 11) is 0. The molecule has 1 aromatic carbocycles. The largest absolute Gasteiger partial charge is 0.374 e. The molecule has 0 amide bonds. The molecule has 1 fully saturated rings. The van der Waals surface area contributed by atoms with Crippen molar-refractivity contribution in [2.75, 3.05) is 13.2 Å². The molecule has 1 saturated heterocycles. The summed E-state index contributed by atoms with van der Waals surface area (Å²) >= 11 is 3.49. The zero-order valence-electron chi connectivity index (χ0n) is 10.1. The fourth-order valence-electron chi connectivity index (χ4n) is 1.76. The van der Waals surface area contributed by atoms with Crippen molar-refractivity contribution in [1.82, 2.24) is 0 Å². The minimum atomic E-state index is -0.471. The molecular weight excluding hydrogens is 284 g/mol. The minimum Gasteiger partial charge on any atom is -0.374 e. The van der Waals surface area contributed by atoms with E-state index in [-0.39, 0.29) is 6.10 Å². The summed E-state index contributed by atoms with van der Waals surface area (Å²) in [5.41, 5.74) is 1.14. The summed E-state index contributed by atoms with van der Waals surface area (Å²) in [5.74, 6) is -0.471. The Morgan fingerprint density at radius 1 is 1.41 bits per heavy atom. The molecule has 1 aliphatic rings. The maximum Gasteiger partial charge on any atom is 0.163 e. The van der Waals surface area contributed by atoms with E-state index in [0.717, 1.165) is 10.0 Å². The lowest BCUT2D eigenvalue weighted by Crippen LogP contribution is -2.24. The number of hydrogen-bond acceptors (Lipinski definition) is 3. The standard InChI is InChI=1S/C13H17BrO3/c1-13(2)16-9-11(17-13)8-15-7-10-5-3-4-6-12(10)14/h3-6,11H,7-9H2,1-2H3. The van der Waals surface area contributed by atoms with E-state index in [1.54, 1.807) is 0 Å². The van der Waals surface area contributed by atoms with Gasteiger partial charge in [-0.05, 0) is 25.5 Å². The second kappa shape index (κ2) is 5.48. The Kier molecular flexibility index (Phi) is 4.20. The Labute approximate surface area is 110 Å². The van der Waals surface area contributed by atoms with Gasteiger partial charge in [0.05, 0.1) is 19.8 Å². The average molecular weight is 301 g/mol. The van der Waals surface area contributed by atoms with Gasteiger partial charge >= 0.3 is 0 Å².